The number of anilines is 2. The van der Waals surface area contributed by atoms with Gasteiger partial charge in [-0.1, -0.05) is 0 Å². The number of aryl methyl sites for hydroxylation is 3. The van der Waals surface area contributed by atoms with Gasteiger partial charge in [0.1, 0.15) is 11.5 Å². The molecule has 0 bridgehead atoms. The van der Waals surface area contributed by atoms with E-state index in [4.69, 9.17) is 0 Å². The Bertz CT molecular complexity index is 1030. The number of rotatable bonds is 4. The molecule has 0 unspecified atom stereocenters. The molecule has 3 aromatic rings. The van der Waals surface area contributed by atoms with Crippen LogP contribution < -0.4 is 10.2 Å². The van der Waals surface area contributed by atoms with Crippen LogP contribution in [-0.4, -0.2) is 38.7 Å². The Morgan fingerprint density at radius 2 is 1.69 bits per heavy atom. The summed E-state index contributed by atoms with van der Waals surface area (Å²) in [5, 5.41) is 7.30. The number of nitrogens with zero attached hydrogens (tertiary/aromatic N) is 5. The second-order valence-electron chi connectivity index (χ2n) is 7.26. The molecule has 4 rings (SSSR count). The van der Waals surface area contributed by atoms with Gasteiger partial charge in [0.05, 0.1) is 22.8 Å². The Labute approximate surface area is 168 Å². The Morgan fingerprint density at radius 1 is 1.07 bits per heavy atom. The summed E-state index contributed by atoms with van der Waals surface area (Å²) in [4.78, 5) is 24.2. The third-order valence-electron chi connectivity index (χ3n) is 5.14. The molecular weight excluding hydrogens is 371 g/mol. The van der Waals surface area contributed by atoms with Crippen molar-refractivity contribution >= 4 is 17.5 Å². The third kappa shape index (κ3) is 3.83. The summed E-state index contributed by atoms with van der Waals surface area (Å²) in [6.45, 7) is 5.67. The highest BCUT2D eigenvalue weighted by Crippen LogP contribution is 2.24. The van der Waals surface area contributed by atoms with Crippen LogP contribution in [0.2, 0.25) is 0 Å². The van der Waals surface area contributed by atoms with Gasteiger partial charge >= 0.3 is 0 Å². The highest BCUT2D eigenvalue weighted by atomic mass is 19.1. The number of carbonyl (C=O) groups excluding carboxylic acids is 1. The van der Waals surface area contributed by atoms with E-state index in [0.29, 0.717) is 17.1 Å². The van der Waals surface area contributed by atoms with Crippen molar-refractivity contribution in [2.24, 2.45) is 7.05 Å². The van der Waals surface area contributed by atoms with Crippen molar-refractivity contribution in [3.63, 3.8) is 0 Å². The number of halogens is 1. The molecule has 0 radical (unpaired) electrons. The fraction of sp³-hybridized carbons (Fsp3) is 0.333. The van der Waals surface area contributed by atoms with E-state index in [-0.39, 0.29) is 11.7 Å². The van der Waals surface area contributed by atoms with E-state index >= 15 is 0 Å². The van der Waals surface area contributed by atoms with E-state index in [9.17, 15) is 9.18 Å². The molecule has 0 saturated carbocycles. The molecule has 29 heavy (non-hydrogen) atoms. The smallest absolute Gasteiger partial charge is 0.274 e. The minimum Gasteiger partial charge on any atom is -0.341 e. The van der Waals surface area contributed by atoms with Crippen molar-refractivity contribution in [3.8, 4) is 11.3 Å². The predicted molar refractivity (Wildman–Crippen MR) is 110 cm³/mol. The second kappa shape index (κ2) is 7.62. The normalized spacial score (nSPS) is 13.7. The van der Waals surface area contributed by atoms with Crippen LogP contribution in [-0.2, 0) is 7.05 Å². The lowest BCUT2D eigenvalue weighted by Crippen LogP contribution is -2.23. The van der Waals surface area contributed by atoms with E-state index < -0.39 is 0 Å². The van der Waals surface area contributed by atoms with Crippen LogP contribution in [0.5, 0.6) is 0 Å². The van der Waals surface area contributed by atoms with Crippen molar-refractivity contribution in [2.45, 2.75) is 26.7 Å². The number of hydrogen-bond acceptors (Lipinski definition) is 5. The van der Waals surface area contributed by atoms with Gasteiger partial charge in [-0.2, -0.15) is 5.10 Å². The molecule has 8 heteroatoms. The van der Waals surface area contributed by atoms with Gasteiger partial charge in [0.25, 0.3) is 5.91 Å². The highest BCUT2D eigenvalue weighted by molar-refractivity contribution is 6.04. The number of benzene rings is 1. The van der Waals surface area contributed by atoms with Gasteiger partial charge in [0, 0.05) is 25.7 Å². The molecule has 1 aliphatic rings. The number of amides is 1. The fourth-order valence-electron chi connectivity index (χ4n) is 3.56. The maximum atomic E-state index is 13.2. The Hall–Kier alpha value is -3.29. The molecule has 1 aromatic carbocycles. The van der Waals surface area contributed by atoms with Crippen LogP contribution in [0, 0.1) is 19.7 Å². The maximum Gasteiger partial charge on any atom is 0.274 e. The van der Waals surface area contributed by atoms with E-state index in [1.807, 2.05) is 13.8 Å². The molecule has 1 amide bonds. The topological polar surface area (TPSA) is 75.9 Å². The molecule has 0 atom stereocenters. The Balaban J connectivity index is 1.57. The van der Waals surface area contributed by atoms with Crippen LogP contribution in [0.1, 0.15) is 34.7 Å². The zero-order valence-electron chi connectivity index (χ0n) is 16.7. The van der Waals surface area contributed by atoms with E-state index in [2.05, 4.69) is 25.3 Å². The number of nitrogens with one attached hydrogen (secondary N) is 1. The largest absolute Gasteiger partial charge is 0.341 e. The lowest BCUT2D eigenvalue weighted by molar-refractivity contribution is 0.101. The molecular formula is C21H23FN6O. The summed E-state index contributed by atoms with van der Waals surface area (Å²) in [6.07, 6.45) is 2.30. The zero-order chi connectivity index (χ0) is 20.5. The van der Waals surface area contributed by atoms with Crippen molar-refractivity contribution < 1.29 is 9.18 Å². The summed E-state index contributed by atoms with van der Waals surface area (Å²) < 4.78 is 14.7. The molecule has 0 spiro atoms. The lowest BCUT2D eigenvalue weighted by Gasteiger charge is -2.18. The average Bonchev–Trinajstić information content (AvgIpc) is 3.35. The highest BCUT2D eigenvalue weighted by Gasteiger charge is 2.20. The van der Waals surface area contributed by atoms with Gasteiger partial charge < -0.3 is 10.2 Å². The average molecular weight is 394 g/mol. The van der Waals surface area contributed by atoms with Gasteiger partial charge in [0.2, 0.25) is 5.95 Å². The van der Waals surface area contributed by atoms with E-state index in [1.54, 1.807) is 25.2 Å². The van der Waals surface area contributed by atoms with Crippen molar-refractivity contribution in [2.75, 3.05) is 23.3 Å². The quantitative estimate of drug-likeness (QED) is 0.733. The van der Waals surface area contributed by atoms with E-state index in [1.165, 1.54) is 16.8 Å². The maximum absolute atomic E-state index is 13.2. The van der Waals surface area contributed by atoms with Gasteiger partial charge in [-0.05, 0) is 57.0 Å². The van der Waals surface area contributed by atoms with Crippen molar-refractivity contribution in [1.29, 1.82) is 0 Å². The van der Waals surface area contributed by atoms with Crippen LogP contribution in [0.15, 0.2) is 30.3 Å². The first kappa shape index (κ1) is 19.0. The summed E-state index contributed by atoms with van der Waals surface area (Å²) in [6, 6.07) is 7.70. The number of aromatic nitrogens is 4. The minimum atomic E-state index is -0.314. The molecule has 0 aliphatic carbocycles. The van der Waals surface area contributed by atoms with Crippen LogP contribution in [0.4, 0.5) is 16.0 Å². The minimum absolute atomic E-state index is 0.294. The zero-order valence-corrected chi connectivity index (χ0v) is 16.7. The summed E-state index contributed by atoms with van der Waals surface area (Å²) >= 11 is 0. The molecule has 1 aliphatic heterocycles. The first-order chi connectivity index (χ1) is 13.9. The van der Waals surface area contributed by atoms with Crippen molar-refractivity contribution in [1.82, 2.24) is 19.7 Å². The summed E-state index contributed by atoms with van der Waals surface area (Å²) in [5.41, 5.74) is 3.81. The molecule has 1 fully saturated rings. The molecule has 3 heterocycles. The van der Waals surface area contributed by atoms with Crippen LogP contribution in [0.25, 0.3) is 11.3 Å². The number of carbonyl (C=O) groups is 1. The van der Waals surface area contributed by atoms with E-state index in [0.717, 1.165) is 48.8 Å². The van der Waals surface area contributed by atoms with Gasteiger partial charge in [-0.15, -0.1) is 0 Å². The Morgan fingerprint density at radius 3 is 2.31 bits per heavy atom. The fourth-order valence-corrected chi connectivity index (χ4v) is 3.56. The Kier molecular flexibility index (Phi) is 5.00. The SMILES string of the molecule is Cc1nc(N2CCCC2)nc(C)c1NC(=O)c1cc(-c2ccc(F)cc2)nn1C. The van der Waals surface area contributed by atoms with Gasteiger partial charge in [-0.3, -0.25) is 9.48 Å². The summed E-state index contributed by atoms with van der Waals surface area (Å²) in [7, 11) is 1.70. The lowest BCUT2D eigenvalue weighted by atomic mass is 10.1. The summed E-state index contributed by atoms with van der Waals surface area (Å²) in [5.74, 6) is 0.109. The van der Waals surface area contributed by atoms with Crippen molar-refractivity contribution in [3.05, 3.63) is 53.2 Å². The second-order valence-corrected chi connectivity index (χ2v) is 7.26. The van der Waals surface area contributed by atoms with Crippen LogP contribution in [0.3, 0.4) is 0 Å². The van der Waals surface area contributed by atoms with Gasteiger partial charge in [0.15, 0.2) is 0 Å². The molecule has 1 saturated heterocycles. The molecule has 150 valence electrons. The van der Waals surface area contributed by atoms with Crippen LogP contribution >= 0.6 is 0 Å². The molecule has 1 N–H and O–H groups in total. The first-order valence-electron chi connectivity index (χ1n) is 9.64. The number of hydrogen-bond donors (Lipinski definition) is 1. The third-order valence-corrected chi connectivity index (χ3v) is 5.14. The first-order valence-corrected chi connectivity index (χ1v) is 9.64. The van der Waals surface area contributed by atoms with Gasteiger partial charge in [-0.25, -0.2) is 14.4 Å². The predicted octanol–water partition coefficient (Wildman–Crippen LogP) is 3.49. The molecule has 2 aromatic heterocycles. The standard InChI is InChI=1S/C21H23FN6O/c1-13-19(14(2)24-21(23-13)28-10-4-5-11-28)25-20(29)18-12-17(26-27(18)3)15-6-8-16(22)9-7-15/h6-9,12H,4-5,10-11H2,1-3H3,(H,25,29). The monoisotopic (exact) mass is 394 g/mol. The molecule has 7 nitrogen and oxygen atoms in total.